The summed E-state index contributed by atoms with van der Waals surface area (Å²) in [5.74, 6) is -0.773. The maximum absolute atomic E-state index is 11.8. The Morgan fingerprint density at radius 1 is 1.12 bits per heavy atom. The van der Waals surface area contributed by atoms with Gasteiger partial charge in [-0.15, -0.1) is 0 Å². The Labute approximate surface area is 141 Å². The Balaban J connectivity index is 1.80. The number of amides is 2. The number of nitrogens with zero attached hydrogens (tertiary/aromatic N) is 1. The number of benzene rings is 2. The molecule has 0 fully saturated rings. The first-order valence-electron chi connectivity index (χ1n) is 6.68. The summed E-state index contributed by atoms with van der Waals surface area (Å²) < 4.78 is 5.21. The van der Waals surface area contributed by atoms with Crippen LogP contribution in [0.5, 0.6) is 5.75 Å². The molecule has 9 heteroatoms. The van der Waals surface area contributed by atoms with Gasteiger partial charge in [0.2, 0.25) is 0 Å². The second-order valence-corrected chi connectivity index (χ2v) is 4.99. The standard InChI is InChI=1S/C15H12ClN3O5/c16-11-2-1-3-13(8-11)24-9-14(20)17-18-15(21)10-4-6-12(7-5-10)19(22)23/h1-8H,9H2,(H,17,20)(H,18,21). The molecule has 24 heavy (non-hydrogen) atoms. The van der Waals surface area contributed by atoms with Gasteiger partial charge < -0.3 is 4.74 Å². The van der Waals surface area contributed by atoms with E-state index in [1.165, 1.54) is 24.3 Å². The van der Waals surface area contributed by atoms with E-state index in [1.54, 1.807) is 24.3 Å². The number of rotatable bonds is 5. The predicted octanol–water partition coefficient (Wildman–Crippen LogP) is 2.09. The molecule has 0 bridgehead atoms. The molecule has 2 amide bonds. The zero-order chi connectivity index (χ0) is 17.5. The van der Waals surface area contributed by atoms with Crippen LogP contribution in [0.2, 0.25) is 5.02 Å². The van der Waals surface area contributed by atoms with Crippen molar-refractivity contribution in [3.63, 3.8) is 0 Å². The van der Waals surface area contributed by atoms with E-state index in [4.69, 9.17) is 16.3 Å². The molecule has 2 N–H and O–H groups in total. The van der Waals surface area contributed by atoms with E-state index in [0.717, 1.165) is 0 Å². The fourth-order valence-electron chi connectivity index (χ4n) is 1.67. The first-order valence-corrected chi connectivity index (χ1v) is 7.05. The summed E-state index contributed by atoms with van der Waals surface area (Å²) in [6.07, 6.45) is 0. The highest BCUT2D eigenvalue weighted by Gasteiger charge is 2.10. The number of non-ortho nitro benzene ring substituents is 1. The molecule has 2 aromatic carbocycles. The van der Waals surface area contributed by atoms with E-state index in [-0.39, 0.29) is 17.9 Å². The molecule has 0 aliphatic heterocycles. The Kier molecular flexibility index (Phi) is 5.69. The van der Waals surface area contributed by atoms with Gasteiger partial charge in [-0.05, 0) is 30.3 Å². The van der Waals surface area contributed by atoms with E-state index in [9.17, 15) is 19.7 Å². The largest absolute Gasteiger partial charge is 0.484 e. The maximum atomic E-state index is 11.8. The summed E-state index contributed by atoms with van der Waals surface area (Å²) in [6, 6.07) is 11.5. The van der Waals surface area contributed by atoms with Crippen LogP contribution in [0.1, 0.15) is 10.4 Å². The third-order valence-electron chi connectivity index (χ3n) is 2.82. The number of halogens is 1. The predicted molar refractivity (Wildman–Crippen MR) is 85.7 cm³/mol. The van der Waals surface area contributed by atoms with Crippen LogP contribution >= 0.6 is 11.6 Å². The molecular formula is C15H12ClN3O5. The SMILES string of the molecule is O=C(COc1cccc(Cl)c1)NNC(=O)c1ccc([N+](=O)[O-])cc1. The molecule has 2 aromatic rings. The van der Waals surface area contributed by atoms with E-state index in [2.05, 4.69) is 10.9 Å². The minimum Gasteiger partial charge on any atom is -0.484 e. The van der Waals surface area contributed by atoms with E-state index >= 15 is 0 Å². The van der Waals surface area contributed by atoms with Crippen LogP contribution in [0.4, 0.5) is 5.69 Å². The van der Waals surface area contributed by atoms with Crippen molar-refractivity contribution in [3.8, 4) is 5.75 Å². The molecule has 8 nitrogen and oxygen atoms in total. The van der Waals surface area contributed by atoms with Crippen molar-refractivity contribution in [3.05, 3.63) is 69.2 Å². The van der Waals surface area contributed by atoms with E-state index in [0.29, 0.717) is 10.8 Å². The average Bonchev–Trinajstić information content (AvgIpc) is 2.58. The molecule has 0 heterocycles. The number of nitro benzene ring substituents is 1. The lowest BCUT2D eigenvalue weighted by atomic mass is 10.2. The second kappa shape index (κ2) is 7.93. The highest BCUT2D eigenvalue weighted by atomic mass is 35.5. The lowest BCUT2D eigenvalue weighted by Crippen LogP contribution is -2.43. The maximum Gasteiger partial charge on any atom is 0.276 e. The minimum atomic E-state index is -0.610. The molecule has 0 unspecified atom stereocenters. The van der Waals surface area contributed by atoms with Crippen LogP contribution in [-0.2, 0) is 4.79 Å². The summed E-state index contributed by atoms with van der Waals surface area (Å²) >= 11 is 5.78. The van der Waals surface area contributed by atoms with Crippen molar-refractivity contribution in [2.45, 2.75) is 0 Å². The second-order valence-electron chi connectivity index (χ2n) is 4.55. The molecule has 0 aromatic heterocycles. The van der Waals surface area contributed by atoms with Gasteiger partial charge in [-0.25, -0.2) is 0 Å². The fraction of sp³-hybridized carbons (Fsp3) is 0.0667. The number of carbonyl (C=O) groups excluding carboxylic acids is 2. The summed E-state index contributed by atoms with van der Waals surface area (Å²) in [7, 11) is 0. The number of hydrazine groups is 1. The summed E-state index contributed by atoms with van der Waals surface area (Å²) in [4.78, 5) is 33.4. The number of nitrogens with one attached hydrogen (secondary N) is 2. The molecule has 0 saturated carbocycles. The first kappa shape index (κ1) is 17.2. The summed E-state index contributed by atoms with van der Waals surface area (Å²) in [5.41, 5.74) is 4.38. The van der Waals surface area contributed by atoms with Crippen LogP contribution in [-0.4, -0.2) is 23.3 Å². The van der Waals surface area contributed by atoms with Crippen LogP contribution in [0, 0.1) is 10.1 Å². The topological polar surface area (TPSA) is 111 Å². The zero-order valence-electron chi connectivity index (χ0n) is 12.2. The zero-order valence-corrected chi connectivity index (χ0v) is 12.9. The van der Waals surface area contributed by atoms with Gasteiger partial charge >= 0.3 is 0 Å². The highest BCUT2D eigenvalue weighted by Crippen LogP contribution is 2.16. The number of hydrogen-bond donors (Lipinski definition) is 2. The molecule has 2 rings (SSSR count). The van der Waals surface area contributed by atoms with Gasteiger partial charge in [-0.2, -0.15) is 0 Å². The average molecular weight is 350 g/mol. The number of carbonyl (C=O) groups is 2. The quantitative estimate of drug-likeness (QED) is 0.634. The van der Waals surface area contributed by atoms with Crippen molar-refractivity contribution in [1.29, 1.82) is 0 Å². The van der Waals surface area contributed by atoms with Crippen LogP contribution in [0.25, 0.3) is 0 Å². The van der Waals surface area contributed by atoms with Gasteiger partial charge in [-0.1, -0.05) is 17.7 Å². The molecule has 0 aliphatic carbocycles. The van der Waals surface area contributed by atoms with E-state index < -0.39 is 16.7 Å². The monoisotopic (exact) mass is 349 g/mol. The fourth-order valence-corrected chi connectivity index (χ4v) is 1.86. The van der Waals surface area contributed by atoms with Gasteiger partial charge in [0.25, 0.3) is 17.5 Å². The smallest absolute Gasteiger partial charge is 0.276 e. The lowest BCUT2D eigenvalue weighted by molar-refractivity contribution is -0.384. The molecular weight excluding hydrogens is 338 g/mol. The molecule has 0 aliphatic rings. The van der Waals surface area contributed by atoms with Crippen molar-refractivity contribution in [2.24, 2.45) is 0 Å². The van der Waals surface area contributed by atoms with Gasteiger partial charge in [0.15, 0.2) is 6.61 Å². The Morgan fingerprint density at radius 2 is 1.83 bits per heavy atom. The summed E-state index contributed by atoms with van der Waals surface area (Å²) in [5, 5.41) is 11.0. The van der Waals surface area contributed by atoms with Crippen LogP contribution < -0.4 is 15.6 Å². The van der Waals surface area contributed by atoms with Crippen molar-refractivity contribution in [1.82, 2.24) is 10.9 Å². The number of hydrogen-bond acceptors (Lipinski definition) is 5. The van der Waals surface area contributed by atoms with E-state index in [1.807, 2.05) is 0 Å². The number of nitro groups is 1. The van der Waals surface area contributed by atoms with Gasteiger partial charge in [0, 0.05) is 22.7 Å². The highest BCUT2D eigenvalue weighted by molar-refractivity contribution is 6.30. The minimum absolute atomic E-state index is 0.134. The Bertz CT molecular complexity index is 764. The van der Waals surface area contributed by atoms with Crippen molar-refractivity contribution < 1.29 is 19.2 Å². The normalized spacial score (nSPS) is 9.88. The Hall–Kier alpha value is -3.13. The first-order chi connectivity index (χ1) is 11.5. The van der Waals surface area contributed by atoms with Gasteiger partial charge in [0.1, 0.15) is 5.75 Å². The van der Waals surface area contributed by atoms with Gasteiger partial charge in [0.05, 0.1) is 4.92 Å². The molecule has 0 atom stereocenters. The van der Waals surface area contributed by atoms with Crippen molar-refractivity contribution >= 4 is 29.1 Å². The van der Waals surface area contributed by atoms with Crippen molar-refractivity contribution in [2.75, 3.05) is 6.61 Å². The summed E-state index contributed by atoms with van der Waals surface area (Å²) in [6.45, 7) is -0.319. The molecule has 124 valence electrons. The lowest BCUT2D eigenvalue weighted by Gasteiger charge is -2.09. The number of ether oxygens (including phenoxy) is 1. The molecule has 0 spiro atoms. The van der Waals surface area contributed by atoms with Gasteiger partial charge in [-0.3, -0.25) is 30.6 Å². The third-order valence-corrected chi connectivity index (χ3v) is 3.06. The Morgan fingerprint density at radius 3 is 2.46 bits per heavy atom. The van der Waals surface area contributed by atoms with Crippen LogP contribution in [0.3, 0.4) is 0 Å². The molecule has 0 radical (unpaired) electrons. The molecule has 0 saturated heterocycles. The third kappa shape index (κ3) is 4.96. The van der Waals surface area contributed by atoms with Crippen LogP contribution in [0.15, 0.2) is 48.5 Å².